The van der Waals surface area contributed by atoms with E-state index in [2.05, 4.69) is 13.0 Å². The van der Waals surface area contributed by atoms with Gasteiger partial charge in [0.2, 0.25) is 0 Å². The first-order valence-corrected chi connectivity index (χ1v) is 6.13. The largest absolute Gasteiger partial charge is 0.394 e. The van der Waals surface area contributed by atoms with E-state index in [9.17, 15) is 0 Å². The Bertz CT molecular complexity index is 325. The minimum Gasteiger partial charge on any atom is -0.394 e. The first kappa shape index (κ1) is 15.1. The summed E-state index contributed by atoms with van der Waals surface area (Å²) in [4.78, 5) is 10.5. The van der Waals surface area contributed by atoms with Crippen LogP contribution in [0.1, 0.15) is 18.1 Å². The molecule has 5 heteroatoms. The van der Waals surface area contributed by atoms with Crippen molar-refractivity contribution in [2.24, 2.45) is 0 Å². The third-order valence-electron chi connectivity index (χ3n) is 2.45. The topological polar surface area (TPSA) is 62.2 Å². The van der Waals surface area contributed by atoms with Crippen molar-refractivity contribution in [1.82, 2.24) is 5.23 Å². The van der Waals surface area contributed by atoms with Gasteiger partial charge in [-0.05, 0) is 17.5 Å². The van der Waals surface area contributed by atoms with E-state index in [0.717, 1.165) is 12.0 Å². The molecule has 0 radical (unpaired) electrons. The van der Waals surface area contributed by atoms with E-state index in [-0.39, 0.29) is 26.4 Å². The second kappa shape index (κ2) is 9.02. The highest BCUT2D eigenvalue weighted by molar-refractivity contribution is 5.26. The van der Waals surface area contributed by atoms with Crippen molar-refractivity contribution in [3.63, 3.8) is 0 Å². The summed E-state index contributed by atoms with van der Waals surface area (Å²) in [5.41, 5.74) is 2.33. The smallest absolute Gasteiger partial charge is 0.0942 e. The van der Waals surface area contributed by atoms with Crippen molar-refractivity contribution in [3.05, 3.63) is 35.4 Å². The molecule has 2 N–H and O–H groups in total. The van der Waals surface area contributed by atoms with Gasteiger partial charge in [-0.3, -0.25) is 9.68 Å². The van der Waals surface area contributed by atoms with E-state index < -0.39 is 0 Å². The molecule has 102 valence electrons. The average molecular weight is 255 g/mol. The van der Waals surface area contributed by atoms with Crippen LogP contribution in [0.3, 0.4) is 0 Å². The Morgan fingerprint density at radius 2 is 1.56 bits per heavy atom. The van der Waals surface area contributed by atoms with Crippen molar-refractivity contribution >= 4 is 0 Å². The maximum atomic E-state index is 8.75. The summed E-state index contributed by atoms with van der Waals surface area (Å²) in [6, 6.07) is 8.03. The average Bonchev–Trinajstić information content (AvgIpc) is 2.42. The zero-order valence-corrected chi connectivity index (χ0v) is 10.7. The molecule has 0 spiro atoms. The first-order valence-electron chi connectivity index (χ1n) is 6.13. The van der Waals surface area contributed by atoms with Crippen LogP contribution in [0.4, 0.5) is 0 Å². The van der Waals surface area contributed by atoms with Crippen LogP contribution in [0, 0.1) is 0 Å². The molecule has 0 aromatic heterocycles. The SMILES string of the molecule is CCc1ccccc1CN(OCCO)OCCO. The van der Waals surface area contributed by atoms with E-state index in [4.69, 9.17) is 19.9 Å². The molecule has 0 saturated heterocycles. The van der Waals surface area contributed by atoms with Gasteiger partial charge in [-0.15, -0.1) is 0 Å². The molecule has 0 unspecified atom stereocenters. The Hall–Kier alpha value is -0.980. The molecular formula is C13H21NO4. The molecule has 5 nitrogen and oxygen atoms in total. The van der Waals surface area contributed by atoms with Gasteiger partial charge in [0, 0.05) is 0 Å². The van der Waals surface area contributed by atoms with Gasteiger partial charge >= 0.3 is 0 Å². The van der Waals surface area contributed by atoms with Crippen LogP contribution < -0.4 is 0 Å². The van der Waals surface area contributed by atoms with Crippen LogP contribution in [0.5, 0.6) is 0 Å². The molecule has 0 amide bonds. The first-order chi connectivity index (χ1) is 8.81. The predicted molar refractivity (Wildman–Crippen MR) is 67.4 cm³/mol. The van der Waals surface area contributed by atoms with Gasteiger partial charge in [-0.2, -0.15) is 0 Å². The van der Waals surface area contributed by atoms with Gasteiger partial charge in [-0.1, -0.05) is 36.4 Å². The molecule has 0 atom stereocenters. The number of rotatable bonds is 9. The number of benzene rings is 1. The zero-order chi connectivity index (χ0) is 13.2. The molecule has 0 aliphatic heterocycles. The van der Waals surface area contributed by atoms with Gasteiger partial charge in [0.05, 0.1) is 33.0 Å². The number of hydrogen-bond donors (Lipinski definition) is 2. The molecule has 0 aliphatic rings. The van der Waals surface area contributed by atoms with Crippen LogP contribution in [0.25, 0.3) is 0 Å². The van der Waals surface area contributed by atoms with Gasteiger partial charge < -0.3 is 10.2 Å². The number of aliphatic hydroxyl groups excluding tert-OH is 2. The van der Waals surface area contributed by atoms with Crippen LogP contribution in [-0.2, 0) is 22.6 Å². The third kappa shape index (κ3) is 5.12. The molecule has 0 saturated carbocycles. The van der Waals surface area contributed by atoms with E-state index >= 15 is 0 Å². The molecule has 0 bridgehead atoms. The van der Waals surface area contributed by atoms with E-state index in [1.807, 2.05) is 18.2 Å². The van der Waals surface area contributed by atoms with Crippen LogP contribution in [0.2, 0.25) is 0 Å². The van der Waals surface area contributed by atoms with Crippen molar-refractivity contribution in [2.45, 2.75) is 19.9 Å². The van der Waals surface area contributed by atoms with Crippen molar-refractivity contribution in [3.8, 4) is 0 Å². The second-order valence-corrected chi connectivity index (χ2v) is 3.73. The molecule has 1 rings (SSSR count). The molecule has 1 aromatic carbocycles. The fourth-order valence-electron chi connectivity index (χ4n) is 1.61. The lowest BCUT2D eigenvalue weighted by atomic mass is 10.1. The van der Waals surface area contributed by atoms with Crippen LogP contribution in [0.15, 0.2) is 24.3 Å². The third-order valence-corrected chi connectivity index (χ3v) is 2.45. The highest BCUT2D eigenvalue weighted by atomic mass is 16.9. The van der Waals surface area contributed by atoms with Crippen molar-refractivity contribution in [1.29, 1.82) is 0 Å². The number of aryl methyl sites for hydroxylation is 1. The maximum absolute atomic E-state index is 8.75. The number of nitrogens with zero attached hydrogens (tertiary/aromatic N) is 1. The van der Waals surface area contributed by atoms with Crippen LogP contribution in [-0.4, -0.2) is 41.9 Å². The summed E-state index contributed by atoms with van der Waals surface area (Å²) >= 11 is 0. The second-order valence-electron chi connectivity index (χ2n) is 3.73. The summed E-state index contributed by atoms with van der Waals surface area (Å²) < 4.78 is 0. The summed E-state index contributed by atoms with van der Waals surface area (Å²) in [6.07, 6.45) is 0.935. The standard InChI is InChI=1S/C13H21NO4/c1-2-12-5-3-4-6-13(12)11-14(17-9-7-15)18-10-8-16/h3-6,15-16H,2,7-11H2,1H3. The molecule has 1 aromatic rings. The lowest BCUT2D eigenvalue weighted by molar-refractivity contribution is -0.378. The highest BCUT2D eigenvalue weighted by Gasteiger charge is 2.09. The van der Waals surface area contributed by atoms with E-state index in [1.54, 1.807) is 0 Å². The summed E-state index contributed by atoms with van der Waals surface area (Å²) in [5.74, 6) is 0. The summed E-state index contributed by atoms with van der Waals surface area (Å²) in [5, 5.41) is 18.8. The van der Waals surface area contributed by atoms with Crippen molar-refractivity contribution < 1.29 is 19.9 Å². The van der Waals surface area contributed by atoms with Gasteiger partial charge in [0.25, 0.3) is 0 Å². The number of hydroxylamine groups is 2. The Balaban J connectivity index is 2.62. The van der Waals surface area contributed by atoms with E-state index in [1.165, 1.54) is 10.8 Å². The minimum atomic E-state index is -0.0750. The molecule has 0 aliphatic carbocycles. The zero-order valence-electron chi connectivity index (χ0n) is 10.7. The normalized spacial score (nSPS) is 11.1. The van der Waals surface area contributed by atoms with Gasteiger partial charge in [0.15, 0.2) is 0 Å². The predicted octanol–water partition coefficient (Wildman–Crippen LogP) is 0.899. The number of hydrogen-bond acceptors (Lipinski definition) is 5. The minimum absolute atomic E-state index is 0.0750. The quantitative estimate of drug-likeness (QED) is 0.642. The van der Waals surface area contributed by atoms with E-state index in [0.29, 0.717) is 6.54 Å². The molecule has 0 fully saturated rings. The highest BCUT2D eigenvalue weighted by Crippen LogP contribution is 2.13. The number of aliphatic hydroxyl groups is 2. The molecule has 18 heavy (non-hydrogen) atoms. The summed E-state index contributed by atoms with van der Waals surface area (Å²) in [7, 11) is 0. The lowest BCUT2D eigenvalue weighted by Crippen LogP contribution is -2.27. The van der Waals surface area contributed by atoms with Gasteiger partial charge in [-0.25, -0.2) is 0 Å². The maximum Gasteiger partial charge on any atom is 0.0942 e. The van der Waals surface area contributed by atoms with Gasteiger partial charge in [0.1, 0.15) is 0 Å². The van der Waals surface area contributed by atoms with Crippen molar-refractivity contribution in [2.75, 3.05) is 26.4 Å². The fraction of sp³-hybridized carbons (Fsp3) is 0.538. The Morgan fingerprint density at radius 1 is 1.00 bits per heavy atom. The lowest BCUT2D eigenvalue weighted by Gasteiger charge is -2.21. The Kier molecular flexibility index (Phi) is 7.55. The Labute approximate surface area is 107 Å². The molecule has 0 heterocycles. The fourth-order valence-corrected chi connectivity index (χ4v) is 1.61. The van der Waals surface area contributed by atoms with Crippen LogP contribution >= 0.6 is 0 Å². The molecular weight excluding hydrogens is 234 g/mol. The summed E-state index contributed by atoms with van der Waals surface area (Å²) in [6.45, 7) is 2.73. The monoisotopic (exact) mass is 255 g/mol. The Morgan fingerprint density at radius 3 is 2.06 bits per heavy atom.